The lowest BCUT2D eigenvalue weighted by Gasteiger charge is -2.30. The van der Waals surface area contributed by atoms with E-state index in [9.17, 15) is 4.79 Å². The van der Waals surface area contributed by atoms with Gasteiger partial charge in [0, 0.05) is 19.1 Å². The van der Waals surface area contributed by atoms with Crippen LogP contribution in [-0.2, 0) is 0 Å². The first-order valence-corrected chi connectivity index (χ1v) is 7.57. The summed E-state index contributed by atoms with van der Waals surface area (Å²) in [5.74, 6) is 0.0781. The Morgan fingerprint density at radius 2 is 2.05 bits per heavy atom. The van der Waals surface area contributed by atoms with Gasteiger partial charge in [-0.1, -0.05) is 12.8 Å². The first kappa shape index (κ1) is 14.6. The van der Waals surface area contributed by atoms with Crippen LogP contribution >= 0.6 is 15.9 Å². The van der Waals surface area contributed by atoms with E-state index in [-0.39, 0.29) is 5.91 Å². The third kappa shape index (κ3) is 3.60. The first-order valence-electron chi connectivity index (χ1n) is 6.78. The maximum atomic E-state index is 12.6. The van der Waals surface area contributed by atoms with Crippen LogP contribution in [0.4, 0.5) is 0 Å². The highest BCUT2D eigenvalue weighted by atomic mass is 79.9. The van der Waals surface area contributed by atoms with E-state index in [2.05, 4.69) is 20.8 Å². The van der Waals surface area contributed by atoms with Crippen molar-refractivity contribution in [2.75, 3.05) is 27.2 Å². The van der Waals surface area contributed by atoms with Gasteiger partial charge in [0.25, 0.3) is 5.91 Å². The summed E-state index contributed by atoms with van der Waals surface area (Å²) in [7, 11) is 4.07. The Morgan fingerprint density at radius 3 is 2.58 bits per heavy atom. The zero-order valence-corrected chi connectivity index (χ0v) is 13.1. The molecule has 0 radical (unpaired) electrons. The Kier molecular flexibility index (Phi) is 5.05. The molecule has 0 aromatic carbocycles. The molecular weight excluding hydrogens is 308 g/mol. The molecule has 0 bridgehead atoms. The maximum Gasteiger partial charge on any atom is 0.258 e. The molecule has 1 aliphatic rings. The lowest BCUT2D eigenvalue weighted by atomic mass is 10.1. The molecule has 1 aliphatic carbocycles. The molecule has 0 N–H and O–H groups in total. The van der Waals surface area contributed by atoms with Crippen molar-refractivity contribution >= 4 is 21.8 Å². The average molecular weight is 329 g/mol. The van der Waals surface area contributed by atoms with Crippen molar-refractivity contribution in [1.29, 1.82) is 0 Å². The lowest BCUT2D eigenvalue weighted by molar-refractivity contribution is 0.0665. The molecule has 0 aliphatic heterocycles. The standard InChI is InChI=1S/C14H21BrN2O2/c1-16(2)8-9-17(11-5-3-4-6-11)14(18)12-7-10-19-13(12)15/h7,10-11H,3-6,8-9H2,1-2H3. The fourth-order valence-corrected chi connectivity index (χ4v) is 2.98. The van der Waals surface area contributed by atoms with Crippen molar-refractivity contribution in [3.8, 4) is 0 Å². The number of hydrogen-bond donors (Lipinski definition) is 0. The number of rotatable bonds is 5. The minimum atomic E-state index is 0.0781. The van der Waals surface area contributed by atoms with Gasteiger partial charge in [0.15, 0.2) is 4.67 Å². The molecule has 5 heteroatoms. The van der Waals surface area contributed by atoms with Crippen LogP contribution < -0.4 is 0 Å². The molecule has 106 valence electrons. The summed E-state index contributed by atoms with van der Waals surface area (Å²) in [6.07, 6.45) is 6.24. The predicted molar refractivity (Wildman–Crippen MR) is 78.3 cm³/mol. The normalized spacial score (nSPS) is 16.2. The quantitative estimate of drug-likeness (QED) is 0.833. The number of amides is 1. The van der Waals surface area contributed by atoms with Gasteiger partial charge in [-0.25, -0.2) is 0 Å². The summed E-state index contributed by atoms with van der Waals surface area (Å²) in [6, 6.07) is 2.12. The molecule has 0 spiro atoms. The van der Waals surface area contributed by atoms with Crippen molar-refractivity contribution in [3.05, 3.63) is 22.6 Å². The van der Waals surface area contributed by atoms with E-state index >= 15 is 0 Å². The molecular formula is C14H21BrN2O2. The van der Waals surface area contributed by atoms with Gasteiger partial charge < -0.3 is 14.2 Å². The molecule has 4 nitrogen and oxygen atoms in total. The Bertz CT molecular complexity index is 425. The van der Waals surface area contributed by atoms with Gasteiger partial charge in [0.05, 0.1) is 11.8 Å². The predicted octanol–water partition coefficient (Wildman–Crippen LogP) is 2.99. The molecule has 1 saturated carbocycles. The Balaban J connectivity index is 2.11. The molecule has 1 aromatic heterocycles. The summed E-state index contributed by atoms with van der Waals surface area (Å²) in [6.45, 7) is 1.66. The Labute approximate surface area is 122 Å². The van der Waals surface area contributed by atoms with E-state index in [1.54, 1.807) is 12.3 Å². The van der Waals surface area contributed by atoms with Crippen LogP contribution in [0.25, 0.3) is 0 Å². The second-order valence-electron chi connectivity index (χ2n) is 5.35. The monoisotopic (exact) mass is 328 g/mol. The number of nitrogens with zero attached hydrogens (tertiary/aromatic N) is 2. The van der Waals surface area contributed by atoms with Crippen LogP contribution in [0.15, 0.2) is 21.4 Å². The molecule has 0 atom stereocenters. The smallest absolute Gasteiger partial charge is 0.258 e. The number of hydrogen-bond acceptors (Lipinski definition) is 3. The van der Waals surface area contributed by atoms with E-state index in [4.69, 9.17) is 4.42 Å². The molecule has 1 aromatic rings. The van der Waals surface area contributed by atoms with Gasteiger partial charge in [0.2, 0.25) is 0 Å². The van der Waals surface area contributed by atoms with E-state index in [1.165, 1.54) is 12.8 Å². The first-order chi connectivity index (χ1) is 9.09. The van der Waals surface area contributed by atoms with Crippen LogP contribution in [-0.4, -0.2) is 48.9 Å². The Hall–Kier alpha value is -0.810. The van der Waals surface area contributed by atoms with Crippen molar-refractivity contribution in [2.24, 2.45) is 0 Å². The van der Waals surface area contributed by atoms with Crippen molar-refractivity contribution in [2.45, 2.75) is 31.7 Å². The van der Waals surface area contributed by atoms with Gasteiger partial charge in [-0.2, -0.15) is 0 Å². The number of carbonyl (C=O) groups excluding carboxylic acids is 1. The van der Waals surface area contributed by atoms with Gasteiger partial charge in [-0.15, -0.1) is 0 Å². The highest BCUT2D eigenvalue weighted by Gasteiger charge is 2.28. The summed E-state index contributed by atoms with van der Waals surface area (Å²) < 4.78 is 5.72. The zero-order valence-electron chi connectivity index (χ0n) is 11.6. The molecule has 1 heterocycles. The maximum absolute atomic E-state index is 12.6. The molecule has 19 heavy (non-hydrogen) atoms. The number of furan rings is 1. The highest BCUT2D eigenvalue weighted by Crippen LogP contribution is 2.27. The second-order valence-corrected chi connectivity index (χ2v) is 6.07. The average Bonchev–Trinajstić information content (AvgIpc) is 3.00. The zero-order chi connectivity index (χ0) is 13.8. The van der Waals surface area contributed by atoms with Gasteiger partial charge in [0.1, 0.15) is 0 Å². The summed E-state index contributed by atoms with van der Waals surface area (Å²) >= 11 is 3.30. The number of halogens is 1. The lowest BCUT2D eigenvalue weighted by Crippen LogP contribution is -2.42. The SMILES string of the molecule is CN(C)CCN(C(=O)c1ccoc1Br)C1CCCC1. The largest absolute Gasteiger partial charge is 0.457 e. The van der Waals surface area contributed by atoms with Crippen LogP contribution in [0.3, 0.4) is 0 Å². The van der Waals surface area contributed by atoms with Gasteiger partial charge >= 0.3 is 0 Å². The molecule has 2 rings (SSSR count). The topological polar surface area (TPSA) is 36.7 Å². The van der Waals surface area contributed by atoms with Gasteiger partial charge in [-0.05, 0) is 48.9 Å². The van der Waals surface area contributed by atoms with Crippen LogP contribution in [0.5, 0.6) is 0 Å². The van der Waals surface area contributed by atoms with Crippen molar-refractivity contribution in [1.82, 2.24) is 9.80 Å². The minimum Gasteiger partial charge on any atom is -0.457 e. The number of likely N-dealkylation sites (N-methyl/N-ethyl adjacent to an activating group) is 1. The van der Waals surface area contributed by atoms with Crippen LogP contribution in [0, 0.1) is 0 Å². The Morgan fingerprint density at radius 1 is 1.37 bits per heavy atom. The van der Waals surface area contributed by atoms with Crippen LogP contribution in [0.1, 0.15) is 36.0 Å². The third-order valence-electron chi connectivity index (χ3n) is 3.66. The second kappa shape index (κ2) is 6.57. The fraction of sp³-hybridized carbons (Fsp3) is 0.643. The third-order valence-corrected chi connectivity index (χ3v) is 4.28. The van der Waals surface area contributed by atoms with E-state index < -0.39 is 0 Å². The van der Waals surface area contributed by atoms with Crippen molar-refractivity contribution < 1.29 is 9.21 Å². The highest BCUT2D eigenvalue weighted by molar-refractivity contribution is 9.10. The van der Waals surface area contributed by atoms with Gasteiger partial charge in [-0.3, -0.25) is 4.79 Å². The summed E-state index contributed by atoms with van der Waals surface area (Å²) in [5.41, 5.74) is 0.630. The molecule has 0 unspecified atom stereocenters. The van der Waals surface area contributed by atoms with Crippen LogP contribution in [0.2, 0.25) is 0 Å². The van der Waals surface area contributed by atoms with E-state index in [1.807, 2.05) is 19.0 Å². The summed E-state index contributed by atoms with van der Waals surface area (Å²) in [4.78, 5) is 16.8. The molecule has 0 saturated heterocycles. The van der Waals surface area contributed by atoms with E-state index in [0.717, 1.165) is 25.9 Å². The fourth-order valence-electron chi connectivity index (χ4n) is 2.57. The minimum absolute atomic E-state index is 0.0781. The van der Waals surface area contributed by atoms with Crippen molar-refractivity contribution in [3.63, 3.8) is 0 Å². The molecule has 1 fully saturated rings. The summed E-state index contributed by atoms with van der Waals surface area (Å²) in [5, 5.41) is 0. The van der Waals surface area contributed by atoms with E-state index in [0.29, 0.717) is 16.3 Å². The number of carbonyl (C=O) groups is 1. The molecule has 1 amide bonds.